The molecule has 0 fully saturated rings. The number of rotatable bonds is 2. The average molecular weight is 243 g/mol. The highest BCUT2D eigenvalue weighted by Crippen LogP contribution is 2.25. The Labute approximate surface area is 93.7 Å². The van der Waals surface area contributed by atoms with Gasteiger partial charge in [-0.1, -0.05) is 12.1 Å². The van der Waals surface area contributed by atoms with Crippen LogP contribution in [0.4, 0.5) is 10.5 Å². The molecule has 0 spiro atoms. The van der Waals surface area contributed by atoms with Crippen LogP contribution in [0.1, 0.15) is 11.1 Å². The first-order chi connectivity index (χ1) is 7.25. The van der Waals surface area contributed by atoms with Crippen molar-refractivity contribution in [3.63, 3.8) is 0 Å². The number of aryl methyl sites for hydroxylation is 2. The summed E-state index contributed by atoms with van der Waals surface area (Å²) in [4.78, 5) is 10.5. The Morgan fingerprint density at radius 2 is 1.75 bits per heavy atom. The lowest BCUT2D eigenvalue weighted by molar-refractivity contribution is 0.253. The third-order valence-corrected chi connectivity index (χ3v) is 3.66. The van der Waals surface area contributed by atoms with Crippen LogP contribution in [0.2, 0.25) is 0 Å². The van der Waals surface area contributed by atoms with E-state index in [2.05, 4.69) is 0 Å². The van der Waals surface area contributed by atoms with Gasteiger partial charge < -0.3 is 11.5 Å². The second-order valence-electron chi connectivity index (χ2n) is 3.41. The molecule has 6 nitrogen and oxygen atoms in total. The molecule has 5 N–H and O–H groups in total. The van der Waals surface area contributed by atoms with Gasteiger partial charge in [-0.15, -0.1) is 0 Å². The number of nitrogen functional groups attached to an aromatic ring is 1. The fourth-order valence-corrected chi connectivity index (χ4v) is 2.66. The zero-order valence-electron chi connectivity index (χ0n) is 8.94. The van der Waals surface area contributed by atoms with Crippen LogP contribution in [0.5, 0.6) is 0 Å². The van der Waals surface area contributed by atoms with Crippen LogP contribution in [0.15, 0.2) is 17.0 Å². The number of sulfonamides is 1. The number of hydrogen-bond acceptors (Lipinski definition) is 4. The quantitative estimate of drug-likeness (QED) is 0.645. The number of anilines is 1. The lowest BCUT2D eigenvalue weighted by atomic mass is 10.1. The molecule has 1 aromatic rings. The maximum atomic E-state index is 11.7. The molecule has 1 aromatic carbocycles. The van der Waals surface area contributed by atoms with Crippen molar-refractivity contribution in [2.75, 3.05) is 5.73 Å². The van der Waals surface area contributed by atoms with Crippen molar-refractivity contribution >= 4 is 21.7 Å². The summed E-state index contributed by atoms with van der Waals surface area (Å²) in [5.74, 6) is 0. The van der Waals surface area contributed by atoms with Gasteiger partial charge in [0.25, 0.3) is 10.0 Å². The highest BCUT2D eigenvalue weighted by atomic mass is 32.2. The second-order valence-corrected chi connectivity index (χ2v) is 5.03. The van der Waals surface area contributed by atoms with Crippen molar-refractivity contribution in [3.8, 4) is 0 Å². The number of carbonyl (C=O) groups excluding carboxylic acids is 1. The van der Waals surface area contributed by atoms with Gasteiger partial charge in [-0.05, 0) is 25.0 Å². The number of carbonyl (C=O) groups is 1. The topological polar surface area (TPSA) is 115 Å². The number of urea groups is 1. The lowest BCUT2D eigenvalue weighted by Gasteiger charge is -2.12. The number of hydrogen-bond donors (Lipinski definition) is 3. The van der Waals surface area contributed by atoms with E-state index in [1.54, 1.807) is 30.7 Å². The van der Waals surface area contributed by atoms with Crippen molar-refractivity contribution in [1.82, 2.24) is 4.72 Å². The minimum Gasteiger partial charge on any atom is -0.397 e. The molecule has 0 atom stereocenters. The minimum atomic E-state index is -3.99. The smallest absolute Gasteiger partial charge is 0.326 e. The first-order valence-electron chi connectivity index (χ1n) is 4.43. The van der Waals surface area contributed by atoms with Gasteiger partial charge in [0.1, 0.15) is 4.90 Å². The van der Waals surface area contributed by atoms with Crippen LogP contribution in [-0.4, -0.2) is 14.4 Å². The fourth-order valence-electron chi connectivity index (χ4n) is 1.35. The van der Waals surface area contributed by atoms with Gasteiger partial charge >= 0.3 is 6.03 Å². The number of primary amides is 1. The standard InChI is InChI=1S/C9H13N3O3S/c1-5-3-4-6(2)8(7(5)10)16(14,15)12-9(11)13/h3-4H,10H2,1-2H3,(H3,11,12,13). The third kappa shape index (κ3) is 2.25. The Kier molecular flexibility index (Phi) is 3.09. The number of nitrogens with two attached hydrogens (primary N) is 2. The molecule has 7 heteroatoms. The molecule has 0 aliphatic heterocycles. The molecule has 0 saturated carbocycles. The SMILES string of the molecule is Cc1ccc(C)c(S(=O)(=O)NC(N)=O)c1N. The summed E-state index contributed by atoms with van der Waals surface area (Å²) in [7, 11) is -3.99. The van der Waals surface area contributed by atoms with Crippen LogP contribution in [0, 0.1) is 13.8 Å². The monoisotopic (exact) mass is 243 g/mol. The van der Waals surface area contributed by atoms with E-state index < -0.39 is 16.1 Å². The van der Waals surface area contributed by atoms with Crippen molar-refractivity contribution in [2.24, 2.45) is 5.73 Å². The Morgan fingerprint density at radius 3 is 2.25 bits per heavy atom. The highest BCUT2D eigenvalue weighted by molar-refractivity contribution is 7.90. The first-order valence-corrected chi connectivity index (χ1v) is 5.92. The van der Waals surface area contributed by atoms with Crippen LogP contribution < -0.4 is 16.2 Å². The van der Waals surface area contributed by atoms with Gasteiger partial charge in [0.2, 0.25) is 0 Å². The lowest BCUT2D eigenvalue weighted by Crippen LogP contribution is -2.35. The maximum Gasteiger partial charge on any atom is 0.326 e. The molecule has 0 aromatic heterocycles. The predicted octanol–water partition coefficient (Wildman–Crippen LogP) is 0.243. The van der Waals surface area contributed by atoms with Gasteiger partial charge in [0.15, 0.2) is 0 Å². The molecular formula is C9H13N3O3S. The van der Waals surface area contributed by atoms with Gasteiger partial charge in [-0.2, -0.15) is 0 Å². The van der Waals surface area contributed by atoms with E-state index in [0.717, 1.165) is 0 Å². The van der Waals surface area contributed by atoms with Gasteiger partial charge in [-0.3, -0.25) is 0 Å². The third-order valence-electron chi connectivity index (χ3n) is 2.11. The number of nitrogens with one attached hydrogen (secondary N) is 1. The maximum absolute atomic E-state index is 11.7. The van der Waals surface area contributed by atoms with E-state index in [9.17, 15) is 13.2 Å². The summed E-state index contributed by atoms with van der Waals surface area (Å²) in [5, 5.41) is 0. The van der Waals surface area contributed by atoms with E-state index >= 15 is 0 Å². The minimum absolute atomic E-state index is 0.105. The molecule has 1 rings (SSSR count). The Bertz CT molecular complexity index is 537. The zero-order chi connectivity index (χ0) is 12.5. The summed E-state index contributed by atoms with van der Waals surface area (Å²) >= 11 is 0. The molecule has 0 heterocycles. The van der Waals surface area contributed by atoms with E-state index in [1.165, 1.54) is 0 Å². The molecule has 0 bridgehead atoms. The van der Waals surface area contributed by atoms with Crippen molar-refractivity contribution < 1.29 is 13.2 Å². The average Bonchev–Trinajstić information content (AvgIpc) is 2.09. The van der Waals surface area contributed by atoms with E-state index in [4.69, 9.17) is 11.5 Å². The second kappa shape index (κ2) is 4.01. The Morgan fingerprint density at radius 1 is 1.25 bits per heavy atom. The molecule has 0 unspecified atom stereocenters. The first kappa shape index (κ1) is 12.3. The Balaban J connectivity index is 3.44. The van der Waals surface area contributed by atoms with Gasteiger partial charge in [0.05, 0.1) is 5.69 Å². The van der Waals surface area contributed by atoms with Crippen molar-refractivity contribution in [3.05, 3.63) is 23.3 Å². The molecule has 0 aliphatic rings. The van der Waals surface area contributed by atoms with Crippen molar-refractivity contribution in [2.45, 2.75) is 18.7 Å². The van der Waals surface area contributed by atoms with Gasteiger partial charge in [0, 0.05) is 0 Å². The van der Waals surface area contributed by atoms with Crippen LogP contribution in [0.25, 0.3) is 0 Å². The molecule has 88 valence electrons. The zero-order valence-corrected chi connectivity index (χ0v) is 9.76. The largest absolute Gasteiger partial charge is 0.397 e. The molecule has 0 aliphatic carbocycles. The normalized spacial score (nSPS) is 11.1. The fraction of sp³-hybridized carbons (Fsp3) is 0.222. The van der Waals surface area contributed by atoms with Crippen LogP contribution in [-0.2, 0) is 10.0 Å². The molecule has 16 heavy (non-hydrogen) atoms. The van der Waals surface area contributed by atoms with E-state index in [0.29, 0.717) is 11.1 Å². The summed E-state index contributed by atoms with van der Waals surface area (Å²) in [5.41, 5.74) is 11.7. The van der Waals surface area contributed by atoms with Gasteiger partial charge in [-0.25, -0.2) is 17.9 Å². The Hall–Kier alpha value is -1.76. The molecule has 0 saturated heterocycles. The van der Waals surface area contributed by atoms with E-state index in [1.807, 2.05) is 0 Å². The number of benzene rings is 1. The highest BCUT2D eigenvalue weighted by Gasteiger charge is 2.22. The predicted molar refractivity (Wildman–Crippen MR) is 60.2 cm³/mol. The summed E-state index contributed by atoms with van der Waals surface area (Å²) in [6.45, 7) is 3.27. The van der Waals surface area contributed by atoms with Crippen LogP contribution >= 0.6 is 0 Å². The van der Waals surface area contributed by atoms with Crippen molar-refractivity contribution in [1.29, 1.82) is 0 Å². The van der Waals surface area contributed by atoms with E-state index in [-0.39, 0.29) is 10.6 Å². The molecule has 0 radical (unpaired) electrons. The van der Waals surface area contributed by atoms with Crippen LogP contribution in [0.3, 0.4) is 0 Å². The summed E-state index contributed by atoms with van der Waals surface area (Å²) in [6, 6.07) is 2.18. The summed E-state index contributed by atoms with van der Waals surface area (Å²) < 4.78 is 25.2. The summed E-state index contributed by atoms with van der Waals surface area (Å²) in [6.07, 6.45) is 0. The number of amides is 2. The molecule has 2 amide bonds. The molecular weight excluding hydrogens is 230 g/mol.